The molecule has 1 aliphatic heterocycles. The highest BCUT2D eigenvalue weighted by molar-refractivity contribution is 5.96. The van der Waals surface area contributed by atoms with Crippen LogP contribution < -0.4 is 10.5 Å². The molecule has 0 unspecified atom stereocenters. The Morgan fingerprint density at radius 1 is 0.771 bits per heavy atom. The van der Waals surface area contributed by atoms with E-state index in [9.17, 15) is 23.2 Å². The zero-order valence-electron chi connectivity index (χ0n) is 18.7. The number of amides is 3. The number of piperazine rings is 1. The minimum absolute atomic E-state index is 0.0642. The van der Waals surface area contributed by atoms with Crippen molar-refractivity contribution in [2.45, 2.75) is 6.61 Å². The number of rotatable bonds is 6. The first-order valence-electron chi connectivity index (χ1n) is 11.0. The molecule has 0 spiro atoms. The molecule has 0 atom stereocenters. The van der Waals surface area contributed by atoms with Gasteiger partial charge in [0.2, 0.25) is 0 Å². The number of carbonyl (C=O) groups is 3. The maximum Gasteiger partial charge on any atom is 0.254 e. The molecule has 3 aromatic carbocycles. The molecule has 3 amide bonds. The van der Waals surface area contributed by atoms with Gasteiger partial charge >= 0.3 is 0 Å². The van der Waals surface area contributed by atoms with Crippen molar-refractivity contribution < 1.29 is 27.9 Å². The summed E-state index contributed by atoms with van der Waals surface area (Å²) >= 11 is 0. The Morgan fingerprint density at radius 2 is 1.40 bits per heavy atom. The van der Waals surface area contributed by atoms with E-state index in [1.54, 1.807) is 47.4 Å². The maximum absolute atomic E-state index is 13.5. The number of para-hydroxylation sites is 1. The van der Waals surface area contributed by atoms with E-state index in [1.807, 2.05) is 6.07 Å². The third-order valence-corrected chi connectivity index (χ3v) is 5.74. The first-order chi connectivity index (χ1) is 16.8. The van der Waals surface area contributed by atoms with Gasteiger partial charge in [-0.2, -0.15) is 0 Å². The number of hydrogen-bond donors (Lipinski definition) is 1. The van der Waals surface area contributed by atoms with Crippen LogP contribution in [-0.2, 0) is 6.61 Å². The van der Waals surface area contributed by atoms with Crippen LogP contribution in [0.5, 0.6) is 5.75 Å². The van der Waals surface area contributed by atoms with Gasteiger partial charge in [0.05, 0.1) is 5.56 Å². The van der Waals surface area contributed by atoms with Crippen molar-refractivity contribution in [2.75, 3.05) is 26.2 Å². The van der Waals surface area contributed by atoms with Crippen molar-refractivity contribution in [3.8, 4) is 5.75 Å². The molecular formula is C26H23F2N3O4. The van der Waals surface area contributed by atoms with E-state index in [1.165, 1.54) is 11.0 Å². The first-order valence-corrected chi connectivity index (χ1v) is 11.0. The number of nitrogens with two attached hydrogens (primary N) is 1. The van der Waals surface area contributed by atoms with Gasteiger partial charge in [0.15, 0.2) is 11.6 Å². The van der Waals surface area contributed by atoms with Crippen LogP contribution in [0.4, 0.5) is 8.78 Å². The average molecular weight is 479 g/mol. The zero-order valence-corrected chi connectivity index (χ0v) is 18.7. The lowest BCUT2D eigenvalue weighted by molar-refractivity contribution is 0.0535. The van der Waals surface area contributed by atoms with Crippen molar-refractivity contribution in [1.82, 2.24) is 9.80 Å². The largest absolute Gasteiger partial charge is 0.488 e. The average Bonchev–Trinajstić information content (AvgIpc) is 2.88. The van der Waals surface area contributed by atoms with Crippen LogP contribution in [0.3, 0.4) is 0 Å². The van der Waals surface area contributed by atoms with Crippen LogP contribution in [0.2, 0.25) is 0 Å². The summed E-state index contributed by atoms with van der Waals surface area (Å²) in [4.78, 5) is 40.3. The Labute approximate surface area is 200 Å². The lowest BCUT2D eigenvalue weighted by Crippen LogP contribution is -2.50. The van der Waals surface area contributed by atoms with Gasteiger partial charge in [-0.25, -0.2) is 8.78 Å². The molecule has 9 heteroatoms. The predicted molar refractivity (Wildman–Crippen MR) is 124 cm³/mol. The monoisotopic (exact) mass is 479 g/mol. The van der Waals surface area contributed by atoms with E-state index in [4.69, 9.17) is 10.5 Å². The molecule has 0 bridgehead atoms. The topological polar surface area (TPSA) is 92.9 Å². The summed E-state index contributed by atoms with van der Waals surface area (Å²) in [5.74, 6) is -2.92. The van der Waals surface area contributed by atoms with Gasteiger partial charge in [-0.1, -0.05) is 24.3 Å². The van der Waals surface area contributed by atoms with Crippen LogP contribution in [0.25, 0.3) is 0 Å². The fraction of sp³-hybridized carbons (Fsp3) is 0.192. The van der Waals surface area contributed by atoms with E-state index < -0.39 is 23.4 Å². The van der Waals surface area contributed by atoms with Gasteiger partial charge in [0.25, 0.3) is 17.7 Å². The highest BCUT2D eigenvalue weighted by atomic mass is 19.2. The Balaban J connectivity index is 1.36. The zero-order chi connectivity index (χ0) is 24.9. The van der Waals surface area contributed by atoms with Gasteiger partial charge in [-0.15, -0.1) is 0 Å². The number of nitrogens with zero attached hydrogens (tertiary/aromatic N) is 2. The number of hydrogen-bond acceptors (Lipinski definition) is 4. The number of benzene rings is 3. The lowest BCUT2D eigenvalue weighted by Gasteiger charge is -2.35. The fourth-order valence-electron chi connectivity index (χ4n) is 3.86. The van der Waals surface area contributed by atoms with Crippen LogP contribution in [-0.4, -0.2) is 53.7 Å². The summed E-state index contributed by atoms with van der Waals surface area (Å²) in [5.41, 5.74) is 6.92. The second-order valence-electron chi connectivity index (χ2n) is 8.06. The number of ether oxygens (including phenoxy) is 1. The first kappa shape index (κ1) is 23.9. The molecule has 1 fully saturated rings. The van der Waals surface area contributed by atoms with Gasteiger partial charge < -0.3 is 20.3 Å². The SMILES string of the molecule is NC(=O)c1ccccc1OCc1cccc(C(=O)N2CCN(C(=O)c3ccc(F)c(F)c3)CC2)c1. The lowest BCUT2D eigenvalue weighted by atomic mass is 10.1. The van der Waals surface area contributed by atoms with Crippen molar-refractivity contribution in [1.29, 1.82) is 0 Å². The standard InChI is InChI=1S/C26H23F2N3O4/c27-21-9-8-19(15-22(21)28)26(34)31-12-10-30(11-13-31)25(33)18-5-3-4-17(14-18)16-35-23-7-2-1-6-20(23)24(29)32/h1-9,14-15H,10-13,16H2,(H2,29,32). The van der Waals surface area contributed by atoms with Crippen LogP contribution in [0.1, 0.15) is 36.6 Å². The maximum atomic E-state index is 13.5. The third kappa shape index (κ3) is 5.46. The molecule has 180 valence electrons. The summed E-state index contributed by atoms with van der Waals surface area (Å²) in [7, 11) is 0. The molecule has 0 saturated carbocycles. The van der Waals surface area contributed by atoms with Crippen LogP contribution in [0.15, 0.2) is 66.7 Å². The van der Waals surface area contributed by atoms with Gasteiger partial charge in [0, 0.05) is 37.3 Å². The Morgan fingerprint density at radius 3 is 2.03 bits per heavy atom. The normalized spacial score (nSPS) is 13.4. The van der Waals surface area contributed by atoms with E-state index in [2.05, 4.69) is 0 Å². The van der Waals surface area contributed by atoms with E-state index in [0.29, 0.717) is 24.4 Å². The summed E-state index contributed by atoms with van der Waals surface area (Å²) in [5, 5.41) is 0. The van der Waals surface area contributed by atoms with Crippen LogP contribution in [0, 0.1) is 11.6 Å². The molecule has 1 aliphatic rings. The van der Waals surface area contributed by atoms with Gasteiger partial charge in [0.1, 0.15) is 12.4 Å². The number of halogens is 2. The Bertz CT molecular complexity index is 1270. The van der Waals surface area contributed by atoms with Crippen molar-refractivity contribution in [3.63, 3.8) is 0 Å². The van der Waals surface area contributed by atoms with E-state index in [0.717, 1.165) is 17.7 Å². The minimum Gasteiger partial charge on any atom is -0.488 e. The molecule has 0 radical (unpaired) electrons. The molecule has 1 heterocycles. The highest BCUT2D eigenvalue weighted by Crippen LogP contribution is 2.20. The Hall–Kier alpha value is -4.27. The summed E-state index contributed by atoms with van der Waals surface area (Å²) in [6, 6.07) is 16.7. The van der Waals surface area contributed by atoms with E-state index >= 15 is 0 Å². The molecule has 4 rings (SSSR count). The minimum atomic E-state index is -1.08. The summed E-state index contributed by atoms with van der Waals surface area (Å²) < 4.78 is 32.4. The second kappa shape index (κ2) is 10.3. The second-order valence-corrected chi connectivity index (χ2v) is 8.06. The molecule has 3 aromatic rings. The molecule has 2 N–H and O–H groups in total. The number of carbonyl (C=O) groups excluding carboxylic acids is 3. The smallest absolute Gasteiger partial charge is 0.254 e. The molecule has 0 aromatic heterocycles. The molecular weight excluding hydrogens is 456 g/mol. The van der Waals surface area contributed by atoms with Gasteiger partial charge in [-0.05, 0) is 48.0 Å². The van der Waals surface area contributed by atoms with Crippen molar-refractivity contribution in [2.24, 2.45) is 5.73 Å². The van der Waals surface area contributed by atoms with Gasteiger partial charge in [-0.3, -0.25) is 14.4 Å². The van der Waals surface area contributed by atoms with Crippen molar-refractivity contribution >= 4 is 17.7 Å². The molecule has 1 saturated heterocycles. The summed E-state index contributed by atoms with van der Waals surface area (Å²) in [6.07, 6.45) is 0. The quantitative estimate of drug-likeness (QED) is 0.588. The predicted octanol–water partition coefficient (Wildman–Crippen LogP) is 3.24. The molecule has 35 heavy (non-hydrogen) atoms. The summed E-state index contributed by atoms with van der Waals surface area (Å²) in [6.45, 7) is 1.30. The van der Waals surface area contributed by atoms with E-state index in [-0.39, 0.29) is 36.7 Å². The third-order valence-electron chi connectivity index (χ3n) is 5.74. The highest BCUT2D eigenvalue weighted by Gasteiger charge is 2.26. The molecule has 7 nitrogen and oxygen atoms in total. The Kier molecular flexibility index (Phi) is 7.05. The fourth-order valence-corrected chi connectivity index (χ4v) is 3.86. The van der Waals surface area contributed by atoms with Crippen LogP contribution >= 0.6 is 0 Å². The number of primary amides is 1. The van der Waals surface area contributed by atoms with Crippen molar-refractivity contribution in [3.05, 3.63) is 101 Å². The molecule has 0 aliphatic carbocycles.